The van der Waals surface area contributed by atoms with E-state index in [1.165, 1.54) is 12.1 Å². The van der Waals surface area contributed by atoms with Crippen molar-refractivity contribution in [2.45, 2.75) is 39.1 Å². The van der Waals surface area contributed by atoms with E-state index in [0.717, 1.165) is 0 Å². The van der Waals surface area contributed by atoms with E-state index in [0.29, 0.717) is 31.2 Å². The first-order valence-electron chi connectivity index (χ1n) is 8.17. The number of benzene rings is 1. The van der Waals surface area contributed by atoms with Gasteiger partial charge in [0.15, 0.2) is 23.5 Å². The number of halogens is 1. The van der Waals surface area contributed by atoms with Crippen LogP contribution in [0.4, 0.5) is 4.39 Å². The molecule has 1 fully saturated rings. The van der Waals surface area contributed by atoms with Gasteiger partial charge in [-0.05, 0) is 25.5 Å². The Labute approximate surface area is 144 Å². The third-order valence-corrected chi connectivity index (χ3v) is 3.92. The van der Waals surface area contributed by atoms with Crippen molar-refractivity contribution in [3.63, 3.8) is 0 Å². The Balaban J connectivity index is 1.47. The van der Waals surface area contributed by atoms with Gasteiger partial charge in [0.05, 0.1) is 6.10 Å². The molecule has 0 saturated carbocycles. The van der Waals surface area contributed by atoms with Crippen molar-refractivity contribution in [2.75, 3.05) is 13.1 Å². The fourth-order valence-corrected chi connectivity index (χ4v) is 2.52. The van der Waals surface area contributed by atoms with Gasteiger partial charge in [0.25, 0.3) is 11.8 Å². The molecule has 0 bridgehead atoms. The first-order chi connectivity index (χ1) is 12.1. The highest BCUT2D eigenvalue weighted by Crippen LogP contribution is 2.21. The predicted molar refractivity (Wildman–Crippen MR) is 85.3 cm³/mol. The maximum Gasteiger partial charge on any atom is 0.263 e. The summed E-state index contributed by atoms with van der Waals surface area (Å²) < 4.78 is 29.8. The summed E-state index contributed by atoms with van der Waals surface area (Å²) in [6, 6.07) is 6.06. The number of rotatable bonds is 7. The molecule has 134 valence electrons. The van der Waals surface area contributed by atoms with E-state index in [-0.39, 0.29) is 24.4 Å². The Morgan fingerprint density at radius 3 is 2.84 bits per heavy atom. The molecule has 0 aliphatic carbocycles. The lowest BCUT2D eigenvalue weighted by molar-refractivity contribution is -0.154. The molecule has 1 aromatic heterocycles. The SMILES string of the molecule is CCC(Oc1ccccc1F)C(=O)N1CC(OCc2nc(C)no2)C1. The van der Waals surface area contributed by atoms with Gasteiger partial charge in [-0.25, -0.2) is 4.39 Å². The molecular weight excluding hydrogens is 329 g/mol. The second kappa shape index (κ2) is 7.60. The normalized spacial score (nSPS) is 15.7. The number of ether oxygens (including phenoxy) is 2. The minimum atomic E-state index is -0.712. The zero-order valence-corrected chi connectivity index (χ0v) is 14.1. The molecule has 1 atom stereocenters. The number of amides is 1. The molecule has 1 amide bonds. The summed E-state index contributed by atoms with van der Waals surface area (Å²) in [5.41, 5.74) is 0. The minimum Gasteiger partial charge on any atom is -0.478 e. The smallest absolute Gasteiger partial charge is 0.263 e. The summed E-state index contributed by atoms with van der Waals surface area (Å²) in [6.07, 6.45) is -0.338. The summed E-state index contributed by atoms with van der Waals surface area (Å²) in [4.78, 5) is 18.2. The quantitative estimate of drug-likeness (QED) is 0.762. The van der Waals surface area contributed by atoms with E-state index < -0.39 is 11.9 Å². The van der Waals surface area contributed by atoms with Gasteiger partial charge in [-0.1, -0.05) is 24.2 Å². The molecule has 3 rings (SSSR count). The predicted octanol–water partition coefficient (Wildman–Crippen LogP) is 2.10. The Hall–Kier alpha value is -2.48. The molecule has 1 aliphatic rings. The second-order valence-electron chi connectivity index (χ2n) is 5.86. The van der Waals surface area contributed by atoms with Gasteiger partial charge in [0.2, 0.25) is 0 Å². The fourth-order valence-electron chi connectivity index (χ4n) is 2.52. The maximum atomic E-state index is 13.7. The van der Waals surface area contributed by atoms with E-state index in [2.05, 4.69) is 10.1 Å². The number of aromatic nitrogens is 2. The van der Waals surface area contributed by atoms with E-state index >= 15 is 0 Å². The number of hydrogen-bond donors (Lipinski definition) is 0. The molecule has 8 heteroatoms. The Bertz CT molecular complexity index is 730. The highest BCUT2D eigenvalue weighted by Gasteiger charge is 2.36. The monoisotopic (exact) mass is 349 g/mol. The Morgan fingerprint density at radius 2 is 2.20 bits per heavy atom. The summed E-state index contributed by atoms with van der Waals surface area (Å²) in [5, 5.41) is 3.69. The van der Waals surface area contributed by atoms with Gasteiger partial charge in [-0.3, -0.25) is 4.79 Å². The van der Waals surface area contributed by atoms with E-state index in [1.54, 1.807) is 24.0 Å². The number of aryl methyl sites for hydroxylation is 1. The Kier molecular flexibility index (Phi) is 5.28. The molecule has 1 saturated heterocycles. The maximum absolute atomic E-state index is 13.7. The van der Waals surface area contributed by atoms with Crippen molar-refractivity contribution >= 4 is 5.91 Å². The van der Waals surface area contributed by atoms with Gasteiger partial charge >= 0.3 is 0 Å². The van der Waals surface area contributed by atoms with Crippen LogP contribution in [0.2, 0.25) is 0 Å². The zero-order valence-electron chi connectivity index (χ0n) is 14.1. The third kappa shape index (κ3) is 4.14. The fraction of sp³-hybridized carbons (Fsp3) is 0.471. The number of para-hydroxylation sites is 1. The van der Waals surface area contributed by atoms with E-state index in [4.69, 9.17) is 14.0 Å². The molecule has 1 unspecified atom stereocenters. The number of nitrogens with zero attached hydrogens (tertiary/aromatic N) is 3. The zero-order chi connectivity index (χ0) is 17.8. The molecule has 0 spiro atoms. The average molecular weight is 349 g/mol. The van der Waals surface area contributed by atoms with Crippen LogP contribution in [0.15, 0.2) is 28.8 Å². The van der Waals surface area contributed by atoms with Crippen molar-refractivity contribution in [3.8, 4) is 5.75 Å². The van der Waals surface area contributed by atoms with Crippen molar-refractivity contribution in [2.24, 2.45) is 0 Å². The van der Waals surface area contributed by atoms with Gasteiger partial charge in [0.1, 0.15) is 6.61 Å². The first-order valence-corrected chi connectivity index (χ1v) is 8.17. The average Bonchev–Trinajstić information content (AvgIpc) is 2.98. The van der Waals surface area contributed by atoms with E-state index in [1.807, 2.05) is 6.92 Å². The number of hydrogen-bond acceptors (Lipinski definition) is 6. The molecule has 0 radical (unpaired) electrons. The van der Waals surface area contributed by atoms with Crippen molar-refractivity contribution in [1.29, 1.82) is 0 Å². The lowest BCUT2D eigenvalue weighted by atomic mass is 10.1. The van der Waals surface area contributed by atoms with Crippen LogP contribution in [0.25, 0.3) is 0 Å². The Morgan fingerprint density at radius 1 is 1.44 bits per heavy atom. The van der Waals surface area contributed by atoms with Crippen LogP contribution in [0, 0.1) is 12.7 Å². The van der Waals surface area contributed by atoms with Gasteiger partial charge in [-0.2, -0.15) is 4.98 Å². The lowest BCUT2D eigenvalue weighted by Crippen LogP contribution is -2.58. The molecule has 25 heavy (non-hydrogen) atoms. The van der Waals surface area contributed by atoms with Crippen LogP contribution in [-0.4, -0.2) is 46.2 Å². The molecule has 7 nitrogen and oxygen atoms in total. The van der Waals surface area contributed by atoms with Crippen molar-refractivity contribution in [3.05, 3.63) is 41.8 Å². The van der Waals surface area contributed by atoms with Gasteiger partial charge < -0.3 is 18.9 Å². The number of carbonyl (C=O) groups excluding carboxylic acids is 1. The van der Waals surface area contributed by atoms with Crippen LogP contribution in [0.5, 0.6) is 5.75 Å². The van der Waals surface area contributed by atoms with Crippen molar-refractivity contribution in [1.82, 2.24) is 15.0 Å². The summed E-state index contributed by atoms with van der Waals surface area (Å²) in [5.74, 6) is 0.409. The van der Waals surface area contributed by atoms with Crippen LogP contribution < -0.4 is 4.74 Å². The van der Waals surface area contributed by atoms with Gasteiger partial charge in [-0.15, -0.1) is 0 Å². The van der Waals surface area contributed by atoms with Crippen LogP contribution >= 0.6 is 0 Å². The molecule has 1 aliphatic heterocycles. The topological polar surface area (TPSA) is 77.7 Å². The van der Waals surface area contributed by atoms with E-state index in [9.17, 15) is 9.18 Å². The number of carbonyl (C=O) groups is 1. The summed E-state index contributed by atoms with van der Waals surface area (Å²) in [6.45, 7) is 4.70. The summed E-state index contributed by atoms with van der Waals surface area (Å²) >= 11 is 0. The molecule has 1 aromatic carbocycles. The minimum absolute atomic E-state index is 0.0814. The first kappa shape index (κ1) is 17.3. The van der Waals surface area contributed by atoms with Crippen LogP contribution in [-0.2, 0) is 16.1 Å². The molecular formula is C17H20FN3O4. The lowest BCUT2D eigenvalue weighted by Gasteiger charge is -2.40. The van der Waals surface area contributed by atoms with Gasteiger partial charge in [0, 0.05) is 13.1 Å². The molecule has 2 heterocycles. The standard InChI is InChI=1S/C17H20FN3O4/c1-3-14(24-15-7-5-4-6-13(15)18)17(22)21-8-12(9-21)23-10-16-19-11(2)20-25-16/h4-7,12,14H,3,8-10H2,1-2H3. The van der Waals surface area contributed by atoms with Crippen molar-refractivity contribution < 1.29 is 23.2 Å². The van der Waals surface area contributed by atoms with Crippen LogP contribution in [0.1, 0.15) is 25.1 Å². The largest absolute Gasteiger partial charge is 0.478 e. The molecule has 2 aromatic rings. The highest BCUT2D eigenvalue weighted by atomic mass is 19.1. The molecule has 0 N–H and O–H groups in total. The number of likely N-dealkylation sites (tertiary alicyclic amines) is 1. The highest BCUT2D eigenvalue weighted by molar-refractivity contribution is 5.82. The summed E-state index contributed by atoms with van der Waals surface area (Å²) in [7, 11) is 0. The second-order valence-corrected chi connectivity index (χ2v) is 5.86. The third-order valence-electron chi connectivity index (χ3n) is 3.92. The van der Waals surface area contributed by atoms with Crippen LogP contribution in [0.3, 0.4) is 0 Å².